The van der Waals surface area contributed by atoms with E-state index in [9.17, 15) is 4.79 Å². The Labute approximate surface area is 161 Å². The molecule has 27 heavy (non-hydrogen) atoms. The third kappa shape index (κ3) is 4.86. The van der Waals surface area contributed by atoms with Crippen LogP contribution >= 0.6 is 0 Å². The third-order valence-corrected chi connectivity index (χ3v) is 4.88. The Morgan fingerprint density at radius 2 is 1.52 bits per heavy atom. The fourth-order valence-electron chi connectivity index (χ4n) is 3.25. The number of nitrogens with zero attached hydrogens (tertiary/aromatic N) is 1. The van der Waals surface area contributed by atoms with E-state index < -0.39 is 0 Å². The minimum absolute atomic E-state index is 0.191. The van der Waals surface area contributed by atoms with Crippen LogP contribution in [-0.4, -0.2) is 24.0 Å². The highest BCUT2D eigenvalue weighted by atomic mass is 16.2. The number of carbonyl (C=O) groups excluding carboxylic acids is 1. The quantitative estimate of drug-likeness (QED) is 0.622. The first-order chi connectivity index (χ1) is 13.2. The topological polar surface area (TPSA) is 44.4 Å². The molecule has 0 aliphatic heterocycles. The van der Waals surface area contributed by atoms with Gasteiger partial charge < -0.3 is 10.6 Å². The maximum Gasteiger partial charge on any atom is 0.319 e. The van der Waals surface area contributed by atoms with Crippen molar-refractivity contribution in [2.24, 2.45) is 0 Å². The summed E-state index contributed by atoms with van der Waals surface area (Å²) in [6, 6.07) is 22.1. The number of fused-ring (bicyclic) bond motifs is 1. The number of rotatable bonds is 7. The second-order valence-corrected chi connectivity index (χ2v) is 6.56. The molecule has 0 saturated carbocycles. The van der Waals surface area contributed by atoms with Crippen LogP contribution in [0.5, 0.6) is 0 Å². The summed E-state index contributed by atoms with van der Waals surface area (Å²) < 4.78 is 0. The molecule has 0 fully saturated rings. The van der Waals surface area contributed by atoms with Gasteiger partial charge in [0.25, 0.3) is 0 Å². The molecule has 0 aliphatic rings. The van der Waals surface area contributed by atoms with E-state index >= 15 is 0 Å². The maximum absolute atomic E-state index is 12.4. The van der Waals surface area contributed by atoms with Crippen molar-refractivity contribution in [1.82, 2.24) is 10.2 Å². The van der Waals surface area contributed by atoms with Gasteiger partial charge in [-0.15, -0.1) is 0 Å². The zero-order chi connectivity index (χ0) is 19.1. The molecule has 0 bridgehead atoms. The number of benzene rings is 3. The smallest absolute Gasteiger partial charge is 0.319 e. The molecule has 4 heteroatoms. The number of urea groups is 1. The lowest BCUT2D eigenvalue weighted by atomic mass is 10.1. The van der Waals surface area contributed by atoms with Crippen LogP contribution in [0.4, 0.5) is 10.5 Å². The van der Waals surface area contributed by atoms with Crippen molar-refractivity contribution in [2.75, 3.05) is 18.4 Å². The largest absolute Gasteiger partial charge is 0.334 e. The van der Waals surface area contributed by atoms with Gasteiger partial charge in [0.1, 0.15) is 0 Å². The highest BCUT2D eigenvalue weighted by molar-refractivity contribution is 6.01. The highest BCUT2D eigenvalue weighted by Gasteiger charge is 2.09. The summed E-state index contributed by atoms with van der Waals surface area (Å²) in [5.41, 5.74) is 3.23. The molecule has 2 amide bonds. The molecule has 4 nitrogen and oxygen atoms in total. The third-order valence-electron chi connectivity index (χ3n) is 4.88. The Balaban J connectivity index is 1.66. The molecule has 3 rings (SSSR count). The molecule has 0 unspecified atom stereocenters. The molecule has 0 radical (unpaired) electrons. The molecule has 0 saturated heterocycles. The average molecular weight is 361 g/mol. The van der Waals surface area contributed by atoms with Crippen LogP contribution in [0.3, 0.4) is 0 Å². The maximum atomic E-state index is 12.4. The SMILES string of the molecule is CCN(CC)Cc1ccccc1CNC(=O)Nc1cccc2ccccc12. The van der Waals surface area contributed by atoms with Crippen molar-refractivity contribution in [3.63, 3.8) is 0 Å². The Kier molecular flexibility index (Phi) is 6.44. The fourth-order valence-corrected chi connectivity index (χ4v) is 3.25. The van der Waals surface area contributed by atoms with Gasteiger partial charge in [-0.2, -0.15) is 0 Å². The number of hydrogen-bond acceptors (Lipinski definition) is 2. The molecule has 0 atom stereocenters. The minimum Gasteiger partial charge on any atom is -0.334 e. The predicted molar refractivity (Wildman–Crippen MR) is 113 cm³/mol. The van der Waals surface area contributed by atoms with Crippen molar-refractivity contribution in [3.8, 4) is 0 Å². The zero-order valence-electron chi connectivity index (χ0n) is 16.0. The van der Waals surface area contributed by atoms with Gasteiger partial charge in [0.15, 0.2) is 0 Å². The molecule has 2 N–H and O–H groups in total. The molecule has 0 aliphatic carbocycles. The lowest BCUT2D eigenvalue weighted by molar-refractivity contribution is 0.251. The summed E-state index contributed by atoms with van der Waals surface area (Å²) >= 11 is 0. The Morgan fingerprint density at radius 1 is 0.852 bits per heavy atom. The van der Waals surface area contributed by atoms with E-state index in [0.29, 0.717) is 6.54 Å². The molecule has 3 aromatic rings. The fraction of sp³-hybridized carbons (Fsp3) is 0.261. The van der Waals surface area contributed by atoms with E-state index in [2.05, 4.69) is 47.6 Å². The van der Waals surface area contributed by atoms with Gasteiger partial charge in [-0.1, -0.05) is 74.5 Å². The van der Waals surface area contributed by atoms with Gasteiger partial charge in [0, 0.05) is 18.5 Å². The summed E-state index contributed by atoms with van der Waals surface area (Å²) in [5.74, 6) is 0. The number of anilines is 1. The van der Waals surface area contributed by atoms with Gasteiger partial charge in [-0.3, -0.25) is 4.90 Å². The number of amides is 2. The van der Waals surface area contributed by atoms with Gasteiger partial charge in [0.2, 0.25) is 0 Å². The van der Waals surface area contributed by atoms with E-state index in [-0.39, 0.29) is 6.03 Å². The Hall–Kier alpha value is -2.85. The van der Waals surface area contributed by atoms with E-state index in [4.69, 9.17) is 0 Å². The van der Waals surface area contributed by atoms with Crippen LogP contribution in [0.2, 0.25) is 0 Å². The highest BCUT2D eigenvalue weighted by Crippen LogP contribution is 2.22. The van der Waals surface area contributed by atoms with Crippen molar-refractivity contribution in [1.29, 1.82) is 0 Å². The molecule has 140 valence electrons. The summed E-state index contributed by atoms with van der Waals surface area (Å²) in [7, 11) is 0. The lowest BCUT2D eigenvalue weighted by Gasteiger charge is -2.20. The molecular weight excluding hydrogens is 334 g/mol. The molecule has 3 aromatic carbocycles. The number of nitrogens with one attached hydrogen (secondary N) is 2. The number of carbonyl (C=O) groups is 1. The van der Waals surface area contributed by atoms with Gasteiger partial charge in [0.05, 0.1) is 5.69 Å². The van der Waals surface area contributed by atoms with Crippen LogP contribution in [0, 0.1) is 0 Å². The van der Waals surface area contributed by atoms with Crippen molar-refractivity contribution < 1.29 is 4.79 Å². The predicted octanol–water partition coefficient (Wildman–Crippen LogP) is 5.00. The van der Waals surface area contributed by atoms with Crippen molar-refractivity contribution in [3.05, 3.63) is 77.9 Å². The first kappa shape index (κ1) is 18.9. The van der Waals surface area contributed by atoms with Crippen LogP contribution in [0.25, 0.3) is 10.8 Å². The van der Waals surface area contributed by atoms with Gasteiger partial charge in [-0.25, -0.2) is 4.79 Å². The van der Waals surface area contributed by atoms with Crippen LogP contribution < -0.4 is 10.6 Å². The monoisotopic (exact) mass is 361 g/mol. The summed E-state index contributed by atoms with van der Waals surface area (Å²) in [4.78, 5) is 14.8. The van der Waals surface area contributed by atoms with Crippen LogP contribution in [0.1, 0.15) is 25.0 Å². The van der Waals surface area contributed by atoms with E-state index in [0.717, 1.165) is 41.7 Å². The standard InChI is InChI=1S/C23H27N3O/c1-3-26(4-2)17-20-12-6-5-11-19(20)16-24-23(27)25-22-15-9-13-18-10-7-8-14-21(18)22/h5-15H,3-4,16-17H2,1-2H3,(H2,24,25,27). The average Bonchev–Trinajstić information content (AvgIpc) is 2.71. The first-order valence-electron chi connectivity index (χ1n) is 9.53. The van der Waals surface area contributed by atoms with Crippen LogP contribution in [0.15, 0.2) is 66.7 Å². The minimum atomic E-state index is -0.191. The van der Waals surface area contributed by atoms with E-state index in [1.807, 2.05) is 48.5 Å². The molecular formula is C23H27N3O. The number of hydrogen-bond donors (Lipinski definition) is 2. The second kappa shape index (κ2) is 9.19. The summed E-state index contributed by atoms with van der Waals surface area (Å²) in [6.07, 6.45) is 0. The second-order valence-electron chi connectivity index (χ2n) is 6.56. The molecule has 0 aromatic heterocycles. The van der Waals surface area contributed by atoms with Crippen molar-refractivity contribution in [2.45, 2.75) is 26.9 Å². The van der Waals surface area contributed by atoms with E-state index in [1.54, 1.807) is 0 Å². The molecule has 0 heterocycles. The van der Waals surface area contributed by atoms with Crippen molar-refractivity contribution >= 4 is 22.5 Å². The molecule has 0 spiro atoms. The summed E-state index contributed by atoms with van der Waals surface area (Å²) in [5, 5.41) is 8.12. The zero-order valence-corrected chi connectivity index (χ0v) is 16.0. The normalized spacial score (nSPS) is 10.9. The van der Waals surface area contributed by atoms with Crippen LogP contribution in [-0.2, 0) is 13.1 Å². The van der Waals surface area contributed by atoms with E-state index in [1.165, 1.54) is 5.56 Å². The Morgan fingerprint density at radius 3 is 2.30 bits per heavy atom. The van der Waals surface area contributed by atoms with Gasteiger partial charge in [-0.05, 0) is 35.7 Å². The Bertz CT molecular complexity index is 898. The first-order valence-corrected chi connectivity index (χ1v) is 9.53. The van der Waals surface area contributed by atoms with Gasteiger partial charge >= 0.3 is 6.03 Å². The lowest BCUT2D eigenvalue weighted by Crippen LogP contribution is -2.29. The summed E-state index contributed by atoms with van der Waals surface area (Å²) in [6.45, 7) is 7.77.